The van der Waals surface area contributed by atoms with Crippen LogP contribution >= 0.6 is 39.7 Å². The van der Waals surface area contributed by atoms with Gasteiger partial charge in [-0.15, -0.1) is 0 Å². The highest BCUT2D eigenvalue weighted by molar-refractivity contribution is 9.10. The van der Waals surface area contributed by atoms with Crippen molar-refractivity contribution in [2.75, 3.05) is 5.32 Å². The molecule has 0 fully saturated rings. The number of hydrogen-bond donors (Lipinski definition) is 2. The van der Waals surface area contributed by atoms with Crippen LogP contribution in [0.15, 0.2) is 34.9 Å². The Morgan fingerprint density at radius 3 is 2.81 bits per heavy atom. The standard InChI is InChI=1S/C14H16BrClN4S/c1-9(2)17-14(21)18-13-11(15)8-20(19-13)7-10-5-3-4-6-12(10)16/h3-6,8-9H,7H2,1-2H3,(H2,17,18,19,21). The molecule has 0 aliphatic rings. The van der Waals surface area contributed by atoms with E-state index in [0.29, 0.717) is 17.5 Å². The van der Waals surface area contributed by atoms with Crippen molar-refractivity contribution in [3.63, 3.8) is 0 Å². The van der Waals surface area contributed by atoms with Gasteiger partial charge in [-0.3, -0.25) is 4.68 Å². The van der Waals surface area contributed by atoms with Gasteiger partial charge in [0.25, 0.3) is 0 Å². The van der Waals surface area contributed by atoms with Gasteiger partial charge in [0.15, 0.2) is 10.9 Å². The molecule has 7 heteroatoms. The minimum Gasteiger partial charge on any atom is -0.360 e. The lowest BCUT2D eigenvalue weighted by Gasteiger charge is -2.11. The van der Waals surface area contributed by atoms with E-state index >= 15 is 0 Å². The van der Waals surface area contributed by atoms with Crippen LogP contribution in [0.25, 0.3) is 0 Å². The summed E-state index contributed by atoms with van der Waals surface area (Å²) < 4.78 is 2.66. The lowest BCUT2D eigenvalue weighted by Crippen LogP contribution is -2.34. The number of anilines is 1. The number of hydrogen-bond acceptors (Lipinski definition) is 2. The first kappa shape index (κ1) is 16.3. The van der Waals surface area contributed by atoms with Crippen molar-refractivity contribution in [3.8, 4) is 0 Å². The highest BCUT2D eigenvalue weighted by Crippen LogP contribution is 2.22. The van der Waals surface area contributed by atoms with Crippen molar-refractivity contribution in [2.45, 2.75) is 26.4 Å². The molecule has 0 amide bonds. The fourth-order valence-electron chi connectivity index (χ4n) is 1.77. The molecule has 0 radical (unpaired) electrons. The second-order valence-electron chi connectivity index (χ2n) is 4.87. The zero-order chi connectivity index (χ0) is 15.4. The normalized spacial score (nSPS) is 10.7. The molecule has 0 spiro atoms. The summed E-state index contributed by atoms with van der Waals surface area (Å²) in [6.07, 6.45) is 1.89. The lowest BCUT2D eigenvalue weighted by molar-refractivity contribution is 0.689. The first-order valence-corrected chi connectivity index (χ1v) is 8.07. The second kappa shape index (κ2) is 7.24. The summed E-state index contributed by atoms with van der Waals surface area (Å²) in [5.41, 5.74) is 1.02. The number of halogens is 2. The number of thiocarbonyl (C=S) groups is 1. The average Bonchev–Trinajstić information content (AvgIpc) is 2.71. The molecule has 112 valence electrons. The Labute approximate surface area is 143 Å². The molecular weight excluding hydrogens is 372 g/mol. The molecular formula is C14H16BrClN4S. The maximum atomic E-state index is 6.16. The molecule has 2 rings (SSSR count). The van der Waals surface area contributed by atoms with Gasteiger partial charge < -0.3 is 10.6 Å². The van der Waals surface area contributed by atoms with E-state index in [-0.39, 0.29) is 6.04 Å². The molecule has 0 saturated carbocycles. The van der Waals surface area contributed by atoms with Crippen molar-refractivity contribution in [2.24, 2.45) is 0 Å². The fourth-order valence-corrected chi connectivity index (χ4v) is 2.71. The van der Waals surface area contributed by atoms with Crippen LogP contribution in [-0.4, -0.2) is 20.9 Å². The maximum absolute atomic E-state index is 6.16. The molecule has 2 aromatic rings. The Morgan fingerprint density at radius 2 is 2.14 bits per heavy atom. The smallest absolute Gasteiger partial charge is 0.172 e. The minimum absolute atomic E-state index is 0.272. The third-order valence-electron chi connectivity index (χ3n) is 2.66. The Hall–Kier alpha value is -1.11. The molecule has 0 unspecified atom stereocenters. The van der Waals surface area contributed by atoms with Gasteiger partial charge in [-0.1, -0.05) is 29.8 Å². The fraction of sp³-hybridized carbons (Fsp3) is 0.286. The number of nitrogens with zero attached hydrogens (tertiary/aromatic N) is 2. The van der Waals surface area contributed by atoms with Crippen molar-refractivity contribution < 1.29 is 0 Å². The van der Waals surface area contributed by atoms with E-state index in [1.807, 2.05) is 49.0 Å². The topological polar surface area (TPSA) is 41.9 Å². The third-order valence-corrected chi connectivity index (χ3v) is 3.83. The van der Waals surface area contributed by atoms with Gasteiger partial charge in [-0.2, -0.15) is 5.10 Å². The second-order valence-corrected chi connectivity index (χ2v) is 6.54. The van der Waals surface area contributed by atoms with Gasteiger partial charge in [0.1, 0.15) is 0 Å². The van der Waals surface area contributed by atoms with Crippen molar-refractivity contribution in [3.05, 3.63) is 45.5 Å². The molecule has 1 heterocycles. The molecule has 0 atom stereocenters. The number of nitrogens with one attached hydrogen (secondary N) is 2. The van der Waals surface area contributed by atoms with Gasteiger partial charge >= 0.3 is 0 Å². The van der Waals surface area contributed by atoms with Crippen molar-refractivity contribution >= 4 is 50.7 Å². The van der Waals surface area contributed by atoms with Crippen LogP contribution in [0.1, 0.15) is 19.4 Å². The van der Waals surface area contributed by atoms with E-state index < -0.39 is 0 Å². The van der Waals surface area contributed by atoms with Crippen LogP contribution in [0.2, 0.25) is 5.02 Å². The van der Waals surface area contributed by atoms with E-state index in [1.54, 1.807) is 0 Å². The van der Waals surface area contributed by atoms with Gasteiger partial charge in [-0.25, -0.2) is 0 Å². The highest BCUT2D eigenvalue weighted by Gasteiger charge is 2.10. The summed E-state index contributed by atoms with van der Waals surface area (Å²) in [5.74, 6) is 0.681. The molecule has 0 bridgehead atoms. The molecule has 4 nitrogen and oxygen atoms in total. The molecule has 0 saturated heterocycles. The minimum atomic E-state index is 0.272. The Bertz CT molecular complexity index is 642. The monoisotopic (exact) mass is 386 g/mol. The van der Waals surface area contributed by atoms with Crippen LogP contribution in [0.3, 0.4) is 0 Å². The van der Waals surface area contributed by atoms with E-state index in [0.717, 1.165) is 15.1 Å². The van der Waals surface area contributed by atoms with Gasteiger partial charge in [0.05, 0.1) is 11.0 Å². The highest BCUT2D eigenvalue weighted by atomic mass is 79.9. The van der Waals surface area contributed by atoms with E-state index in [9.17, 15) is 0 Å². The molecule has 1 aromatic heterocycles. The maximum Gasteiger partial charge on any atom is 0.172 e. The van der Waals surface area contributed by atoms with E-state index in [2.05, 4.69) is 31.7 Å². The van der Waals surface area contributed by atoms with E-state index in [1.165, 1.54) is 0 Å². The van der Waals surface area contributed by atoms with Crippen molar-refractivity contribution in [1.29, 1.82) is 0 Å². The first-order chi connectivity index (χ1) is 9.95. The molecule has 1 aromatic carbocycles. The van der Waals surface area contributed by atoms with Gasteiger partial charge in [0.2, 0.25) is 0 Å². The summed E-state index contributed by atoms with van der Waals surface area (Å²) in [4.78, 5) is 0. The third kappa shape index (κ3) is 4.69. The summed E-state index contributed by atoms with van der Waals surface area (Å²) in [5, 5.41) is 11.9. The molecule has 2 N–H and O–H groups in total. The average molecular weight is 388 g/mol. The SMILES string of the molecule is CC(C)NC(=S)Nc1nn(Cc2ccccc2Cl)cc1Br. The van der Waals surface area contributed by atoms with Crippen LogP contribution in [0, 0.1) is 0 Å². The number of aromatic nitrogens is 2. The summed E-state index contributed by atoms with van der Waals surface area (Å²) in [6, 6.07) is 8.00. The van der Waals surface area contributed by atoms with Crippen molar-refractivity contribution in [1.82, 2.24) is 15.1 Å². The quantitative estimate of drug-likeness (QED) is 0.777. The largest absolute Gasteiger partial charge is 0.360 e. The van der Waals surface area contributed by atoms with E-state index in [4.69, 9.17) is 23.8 Å². The number of benzene rings is 1. The van der Waals surface area contributed by atoms with Gasteiger partial charge in [0, 0.05) is 17.3 Å². The zero-order valence-electron chi connectivity index (χ0n) is 11.7. The van der Waals surface area contributed by atoms with Crippen LogP contribution < -0.4 is 10.6 Å². The lowest BCUT2D eigenvalue weighted by atomic mass is 10.2. The predicted molar refractivity (Wildman–Crippen MR) is 95.0 cm³/mol. The van der Waals surface area contributed by atoms with Crippen LogP contribution in [0.5, 0.6) is 0 Å². The number of rotatable bonds is 4. The van der Waals surface area contributed by atoms with Crippen LogP contribution in [-0.2, 0) is 6.54 Å². The molecule has 21 heavy (non-hydrogen) atoms. The van der Waals surface area contributed by atoms with Crippen LogP contribution in [0.4, 0.5) is 5.82 Å². The molecule has 0 aliphatic heterocycles. The summed E-state index contributed by atoms with van der Waals surface area (Å²) >= 11 is 14.9. The predicted octanol–water partition coefficient (Wildman–Crippen LogP) is 4.04. The summed E-state index contributed by atoms with van der Waals surface area (Å²) in [7, 11) is 0. The Morgan fingerprint density at radius 1 is 1.43 bits per heavy atom. The van der Waals surface area contributed by atoms with Gasteiger partial charge in [-0.05, 0) is 53.6 Å². The first-order valence-electron chi connectivity index (χ1n) is 6.49. The summed E-state index contributed by atoms with van der Waals surface area (Å²) in [6.45, 7) is 4.66. The molecule has 0 aliphatic carbocycles. The zero-order valence-corrected chi connectivity index (χ0v) is 14.9. The Balaban J connectivity index is 2.09. The Kier molecular flexibility index (Phi) is 5.61.